The SMILES string of the molecule is CC(=O)Nc1ccc(C#CCNC(=O)/C=C/c2ccco2)cc1. The fourth-order valence-corrected chi connectivity index (χ4v) is 1.72. The maximum atomic E-state index is 11.5. The second-order valence-corrected chi connectivity index (χ2v) is 4.63. The number of amides is 2. The highest BCUT2D eigenvalue weighted by Gasteiger charge is 1.95. The normalized spacial score (nSPS) is 9.96. The zero-order valence-corrected chi connectivity index (χ0v) is 12.6. The van der Waals surface area contributed by atoms with Crippen LogP contribution < -0.4 is 10.6 Å². The lowest BCUT2D eigenvalue weighted by molar-refractivity contribution is -0.116. The van der Waals surface area contributed by atoms with Crippen LogP contribution in [0.4, 0.5) is 5.69 Å². The molecular formula is C18H16N2O3. The third-order valence-corrected chi connectivity index (χ3v) is 2.73. The predicted molar refractivity (Wildman–Crippen MR) is 88.4 cm³/mol. The van der Waals surface area contributed by atoms with Crippen LogP contribution in [-0.4, -0.2) is 18.4 Å². The van der Waals surface area contributed by atoms with Gasteiger partial charge in [0.2, 0.25) is 11.8 Å². The van der Waals surface area contributed by atoms with Crippen molar-refractivity contribution in [1.82, 2.24) is 5.32 Å². The lowest BCUT2D eigenvalue weighted by atomic mass is 10.2. The van der Waals surface area contributed by atoms with Gasteiger partial charge in [-0.15, -0.1) is 0 Å². The van der Waals surface area contributed by atoms with Crippen molar-refractivity contribution in [2.75, 3.05) is 11.9 Å². The Kier molecular flexibility index (Phi) is 5.78. The third kappa shape index (κ3) is 5.94. The van der Waals surface area contributed by atoms with Gasteiger partial charge in [-0.2, -0.15) is 0 Å². The molecule has 116 valence electrons. The lowest BCUT2D eigenvalue weighted by Gasteiger charge is -2.00. The van der Waals surface area contributed by atoms with Gasteiger partial charge in [-0.25, -0.2) is 0 Å². The highest BCUT2D eigenvalue weighted by Crippen LogP contribution is 2.08. The van der Waals surface area contributed by atoms with Crippen LogP contribution in [0.25, 0.3) is 6.08 Å². The van der Waals surface area contributed by atoms with Crippen LogP contribution in [0.15, 0.2) is 53.2 Å². The van der Waals surface area contributed by atoms with Gasteiger partial charge < -0.3 is 15.1 Å². The highest BCUT2D eigenvalue weighted by atomic mass is 16.3. The molecule has 0 aliphatic heterocycles. The molecule has 2 N–H and O–H groups in total. The number of anilines is 1. The number of benzene rings is 1. The summed E-state index contributed by atoms with van der Waals surface area (Å²) in [5.74, 6) is 6.05. The number of hydrogen-bond donors (Lipinski definition) is 2. The Morgan fingerprint density at radius 3 is 2.65 bits per heavy atom. The van der Waals surface area contributed by atoms with Gasteiger partial charge in [0, 0.05) is 24.3 Å². The summed E-state index contributed by atoms with van der Waals surface area (Å²) in [4.78, 5) is 22.5. The molecule has 23 heavy (non-hydrogen) atoms. The van der Waals surface area contributed by atoms with Gasteiger partial charge in [0.1, 0.15) is 5.76 Å². The first kappa shape index (κ1) is 16.1. The molecule has 0 saturated carbocycles. The molecule has 0 unspecified atom stereocenters. The molecule has 1 heterocycles. The van der Waals surface area contributed by atoms with E-state index in [0.717, 1.165) is 11.3 Å². The van der Waals surface area contributed by atoms with Gasteiger partial charge >= 0.3 is 0 Å². The molecule has 2 rings (SSSR count). The highest BCUT2D eigenvalue weighted by molar-refractivity contribution is 5.91. The third-order valence-electron chi connectivity index (χ3n) is 2.73. The quantitative estimate of drug-likeness (QED) is 0.673. The predicted octanol–water partition coefficient (Wildman–Crippen LogP) is 2.42. The summed E-state index contributed by atoms with van der Waals surface area (Å²) in [6.45, 7) is 1.70. The average Bonchev–Trinajstić information content (AvgIpc) is 3.04. The second kappa shape index (κ2) is 8.25. The van der Waals surface area contributed by atoms with E-state index in [2.05, 4.69) is 22.5 Å². The first-order chi connectivity index (χ1) is 11.1. The summed E-state index contributed by atoms with van der Waals surface area (Å²) >= 11 is 0. The van der Waals surface area contributed by atoms with Gasteiger partial charge in [-0.05, 0) is 42.5 Å². The minimum atomic E-state index is -0.239. The molecule has 0 radical (unpaired) electrons. The fourth-order valence-electron chi connectivity index (χ4n) is 1.72. The van der Waals surface area contributed by atoms with Crippen molar-refractivity contribution >= 4 is 23.6 Å². The van der Waals surface area contributed by atoms with Gasteiger partial charge in [-0.1, -0.05) is 11.8 Å². The standard InChI is InChI=1S/C18H16N2O3/c1-14(21)20-16-8-6-15(7-9-16)4-2-12-19-18(22)11-10-17-5-3-13-23-17/h3,5-11,13H,12H2,1H3,(H,19,22)(H,20,21)/b11-10+. The van der Waals surface area contributed by atoms with Crippen molar-refractivity contribution in [1.29, 1.82) is 0 Å². The number of furan rings is 1. The largest absolute Gasteiger partial charge is 0.465 e. The molecule has 1 aromatic heterocycles. The van der Waals surface area contributed by atoms with Crippen molar-refractivity contribution in [2.45, 2.75) is 6.92 Å². The van der Waals surface area contributed by atoms with E-state index >= 15 is 0 Å². The number of nitrogens with one attached hydrogen (secondary N) is 2. The van der Waals surface area contributed by atoms with Crippen molar-refractivity contribution in [3.63, 3.8) is 0 Å². The Balaban J connectivity index is 1.79. The molecule has 2 aromatic rings. The summed E-state index contributed by atoms with van der Waals surface area (Å²) in [6.07, 6.45) is 4.52. The summed E-state index contributed by atoms with van der Waals surface area (Å²) in [5, 5.41) is 5.34. The van der Waals surface area contributed by atoms with Gasteiger partial charge in [0.05, 0.1) is 12.8 Å². The van der Waals surface area contributed by atoms with Crippen LogP contribution >= 0.6 is 0 Å². The summed E-state index contributed by atoms with van der Waals surface area (Å²) in [6, 6.07) is 10.7. The summed E-state index contributed by atoms with van der Waals surface area (Å²) < 4.78 is 5.08. The number of hydrogen-bond acceptors (Lipinski definition) is 3. The minimum absolute atomic E-state index is 0.117. The van der Waals surface area contributed by atoms with E-state index in [1.165, 1.54) is 13.0 Å². The topological polar surface area (TPSA) is 71.3 Å². The van der Waals surface area contributed by atoms with Crippen LogP contribution in [-0.2, 0) is 9.59 Å². The average molecular weight is 308 g/mol. The molecule has 0 bridgehead atoms. The first-order valence-corrected chi connectivity index (χ1v) is 6.99. The van der Waals surface area contributed by atoms with Crippen molar-refractivity contribution in [3.8, 4) is 11.8 Å². The molecule has 1 aromatic carbocycles. The number of rotatable bonds is 4. The lowest BCUT2D eigenvalue weighted by Crippen LogP contribution is -2.20. The van der Waals surface area contributed by atoms with Gasteiger partial charge in [0.15, 0.2) is 0 Å². The maximum absolute atomic E-state index is 11.5. The van der Waals surface area contributed by atoms with E-state index in [9.17, 15) is 9.59 Å². The Morgan fingerprint density at radius 2 is 2.00 bits per heavy atom. The first-order valence-electron chi connectivity index (χ1n) is 6.99. The molecule has 0 spiro atoms. The Hall–Kier alpha value is -3.26. The van der Waals surface area contributed by atoms with Crippen LogP contribution in [0.3, 0.4) is 0 Å². The van der Waals surface area contributed by atoms with E-state index in [0.29, 0.717) is 5.76 Å². The van der Waals surface area contributed by atoms with Crippen LogP contribution in [0.1, 0.15) is 18.2 Å². The molecule has 2 amide bonds. The zero-order valence-electron chi connectivity index (χ0n) is 12.6. The molecule has 0 fully saturated rings. The molecular weight excluding hydrogens is 292 g/mol. The zero-order chi connectivity index (χ0) is 16.5. The Bertz CT molecular complexity index is 748. The monoisotopic (exact) mass is 308 g/mol. The second-order valence-electron chi connectivity index (χ2n) is 4.63. The molecule has 0 atom stereocenters. The van der Waals surface area contributed by atoms with Crippen molar-refractivity contribution in [3.05, 3.63) is 60.1 Å². The molecule has 5 heteroatoms. The molecule has 0 aliphatic rings. The van der Waals surface area contributed by atoms with E-state index in [-0.39, 0.29) is 18.4 Å². The molecule has 0 aliphatic carbocycles. The van der Waals surface area contributed by atoms with E-state index in [4.69, 9.17) is 4.42 Å². The van der Waals surface area contributed by atoms with Crippen LogP contribution in [0, 0.1) is 11.8 Å². The van der Waals surface area contributed by atoms with E-state index in [1.54, 1.807) is 48.7 Å². The van der Waals surface area contributed by atoms with Gasteiger partial charge in [-0.3, -0.25) is 9.59 Å². The van der Waals surface area contributed by atoms with Crippen molar-refractivity contribution in [2.24, 2.45) is 0 Å². The smallest absolute Gasteiger partial charge is 0.244 e. The summed E-state index contributed by atoms with van der Waals surface area (Å²) in [5.41, 5.74) is 1.53. The van der Waals surface area contributed by atoms with E-state index < -0.39 is 0 Å². The van der Waals surface area contributed by atoms with Crippen LogP contribution in [0.2, 0.25) is 0 Å². The van der Waals surface area contributed by atoms with Crippen molar-refractivity contribution < 1.29 is 14.0 Å². The number of carbonyl (C=O) groups excluding carboxylic acids is 2. The Morgan fingerprint density at radius 1 is 1.22 bits per heavy atom. The fraction of sp³-hybridized carbons (Fsp3) is 0.111. The summed E-state index contributed by atoms with van der Waals surface area (Å²) in [7, 11) is 0. The number of carbonyl (C=O) groups is 2. The van der Waals surface area contributed by atoms with Crippen LogP contribution in [0.5, 0.6) is 0 Å². The van der Waals surface area contributed by atoms with E-state index in [1.807, 2.05) is 0 Å². The molecule has 0 saturated heterocycles. The molecule has 5 nitrogen and oxygen atoms in total. The maximum Gasteiger partial charge on any atom is 0.244 e. The minimum Gasteiger partial charge on any atom is -0.465 e. The Labute approximate surface area is 134 Å². The van der Waals surface area contributed by atoms with Gasteiger partial charge in [0.25, 0.3) is 0 Å².